The van der Waals surface area contributed by atoms with Gasteiger partial charge in [-0.3, -0.25) is 4.99 Å². The van der Waals surface area contributed by atoms with Gasteiger partial charge in [0.2, 0.25) is 0 Å². The van der Waals surface area contributed by atoms with E-state index in [2.05, 4.69) is 71.8 Å². The molecule has 3 aromatic rings. The van der Waals surface area contributed by atoms with E-state index in [-0.39, 0.29) is 0 Å². The number of nitrogens with one attached hydrogen (secondary N) is 1. The van der Waals surface area contributed by atoms with Gasteiger partial charge in [0.1, 0.15) is 0 Å². The molecule has 0 radical (unpaired) electrons. The Labute approximate surface area is 177 Å². The Balaban J connectivity index is 1.38. The summed E-state index contributed by atoms with van der Waals surface area (Å²) in [4.78, 5) is 4.60. The van der Waals surface area contributed by atoms with Crippen molar-refractivity contribution in [1.29, 1.82) is 0 Å². The fourth-order valence-corrected chi connectivity index (χ4v) is 4.64. The standard InChI is InChI=1S/C26H23ClN2/c1-17-5-14-25-24(15-17)22-3-2-4-23(22)26(29-25)19-8-12-21(13-9-19)28-16-18-6-10-20(27)11-7-18/h2-3,5-16,22-23,26,29H,4H2,1H3/t22-,23-,26+/m1/s1. The minimum Gasteiger partial charge on any atom is -0.378 e. The number of aliphatic imine (C=N–C) groups is 1. The molecule has 0 fully saturated rings. The van der Waals surface area contributed by atoms with Crippen LogP contribution < -0.4 is 5.32 Å². The molecular formula is C26H23ClN2. The van der Waals surface area contributed by atoms with Crippen molar-refractivity contribution in [2.45, 2.75) is 25.3 Å². The third-order valence-electron chi connectivity index (χ3n) is 6.00. The predicted octanol–water partition coefficient (Wildman–Crippen LogP) is 7.23. The Kier molecular flexibility index (Phi) is 4.73. The van der Waals surface area contributed by atoms with Crippen LogP contribution in [-0.2, 0) is 0 Å². The van der Waals surface area contributed by atoms with Gasteiger partial charge < -0.3 is 5.32 Å². The summed E-state index contributed by atoms with van der Waals surface area (Å²) in [7, 11) is 0. The highest BCUT2D eigenvalue weighted by Gasteiger charge is 2.37. The Bertz CT molecular complexity index is 1080. The lowest BCUT2D eigenvalue weighted by molar-refractivity contribution is 0.425. The summed E-state index contributed by atoms with van der Waals surface area (Å²) in [6.07, 6.45) is 7.72. The highest BCUT2D eigenvalue weighted by Crippen LogP contribution is 2.49. The molecule has 3 heteroatoms. The molecule has 1 heterocycles. The normalized spacial score (nSPS) is 22.3. The second-order valence-corrected chi connectivity index (χ2v) is 8.40. The van der Waals surface area contributed by atoms with Crippen LogP contribution in [-0.4, -0.2) is 6.21 Å². The van der Waals surface area contributed by atoms with Crippen LogP contribution in [0.5, 0.6) is 0 Å². The summed E-state index contributed by atoms with van der Waals surface area (Å²) < 4.78 is 0. The van der Waals surface area contributed by atoms with Crippen LogP contribution in [0.25, 0.3) is 0 Å². The van der Waals surface area contributed by atoms with E-state index in [0.29, 0.717) is 17.9 Å². The molecule has 1 aliphatic carbocycles. The zero-order chi connectivity index (χ0) is 19.8. The van der Waals surface area contributed by atoms with Crippen LogP contribution in [0.4, 0.5) is 11.4 Å². The first-order valence-corrected chi connectivity index (χ1v) is 10.5. The molecule has 1 aliphatic heterocycles. The molecule has 2 aliphatic rings. The number of benzene rings is 3. The molecule has 0 bridgehead atoms. The van der Waals surface area contributed by atoms with Gasteiger partial charge in [-0.15, -0.1) is 0 Å². The first kappa shape index (κ1) is 18.2. The molecule has 1 N–H and O–H groups in total. The number of hydrogen-bond acceptors (Lipinski definition) is 2. The molecule has 2 nitrogen and oxygen atoms in total. The SMILES string of the molecule is Cc1ccc2c(c1)[C@@H]1C=CC[C@H]1[C@H](c1ccc(N=Cc3ccc(Cl)cc3)cc1)N2. The average molecular weight is 399 g/mol. The highest BCUT2D eigenvalue weighted by molar-refractivity contribution is 6.30. The highest BCUT2D eigenvalue weighted by atomic mass is 35.5. The van der Waals surface area contributed by atoms with Crippen molar-refractivity contribution in [1.82, 2.24) is 0 Å². The summed E-state index contributed by atoms with van der Waals surface area (Å²) in [6.45, 7) is 2.17. The number of nitrogens with zero attached hydrogens (tertiary/aromatic N) is 1. The molecule has 3 aromatic carbocycles. The fourth-order valence-electron chi connectivity index (χ4n) is 4.51. The van der Waals surface area contributed by atoms with Crippen molar-refractivity contribution < 1.29 is 0 Å². The number of anilines is 1. The monoisotopic (exact) mass is 398 g/mol. The number of allylic oxidation sites excluding steroid dienone is 2. The quantitative estimate of drug-likeness (QED) is 0.365. The maximum atomic E-state index is 5.94. The van der Waals surface area contributed by atoms with Crippen LogP contribution in [0, 0.1) is 12.8 Å². The summed E-state index contributed by atoms with van der Waals surface area (Å²) in [5, 5.41) is 4.54. The first-order valence-electron chi connectivity index (χ1n) is 10.1. The molecule has 0 unspecified atom stereocenters. The minimum atomic E-state index is 0.319. The van der Waals surface area contributed by atoms with Gasteiger partial charge in [-0.1, -0.05) is 65.7 Å². The van der Waals surface area contributed by atoms with Gasteiger partial charge in [0.25, 0.3) is 0 Å². The summed E-state index contributed by atoms with van der Waals surface area (Å²) in [5.41, 5.74) is 7.34. The van der Waals surface area contributed by atoms with Crippen molar-refractivity contribution in [2.24, 2.45) is 10.9 Å². The van der Waals surface area contributed by atoms with E-state index in [4.69, 9.17) is 11.6 Å². The maximum absolute atomic E-state index is 5.94. The zero-order valence-electron chi connectivity index (χ0n) is 16.3. The van der Waals surface area contributed by atoms with Gasteiger partial charge in [0.05, 0.1) is 11.7 Å². The van der Waals surface area contributed by atoms with Crippen molar-refractivity contribution in [3.8, 4) is 0 Å². The van der Waals surface area contributed by atoms with Gasteiger partial charge in [0.15, 0.2) is 0 Å². The van der Waals surface area contributed by atoms with E-state index in [1.54, 1.807) is 0 Å². The Morgan fingerprint density at radius 2 is 1.79 bits per heavy atom. The number of halogens is 1. The smallest absolute Gasteiger partial charge is 0.0630 e. The Hall–Kier alpha value is -2.84. The van der Waals surface area contributed by atoms with Crippen LogP contribution in [0.15, 0.2) is 83.9 Å². The second-order valence-electron chi connectivity index (χ2n) is 7.97. The molecular weight excluding hydrogens is 376 g/mol. The molecule has 29 heavy (non-hydrogen) atoms. The first-order chi connectivity index (χ1) is 14.2. The van der Waals surface area contributed by atoms with E-state index in [9.17, 15) is 0 Å². The van der Waals surface area contributed by atoms with E-state index >= 15 is 0 Å². The zero-order valence-corrected chi connectivity index (χ0v) is 17.1. The third kappa shape index (κ3) is 3.61. The van der Waals surface area contributed by atoms with Crippen LogP contribution in [0.1, 0.15) is 40.6 Å². The molecule has 144 valence electrons. The van der Waals surface area contributed by atoms with E-state index in [0.717, 1.165) is 22.7 Å². The lowest BCUT2D eigenvalue weighted by Crippen LogP contribution is -2.29. The van der Waals surface area contributed by atoms with E-state index in [1.165, 1.54) is 22.4 Å². The molecule has 0 amide bonds. The molecule has 3 atom stereocenters. The summed E-state index contributed by atoms with van der Waals surface area (Å²) >= 11 is 5.94. The van der Waals surface area contributed by atoms with Crippen molar-refractivity contribution in [2.75, 3.05) is 5.32 Å². The van der Waals surface area contributed by atoms with Gasteiger partial charge in [-0.05, 0) is 66.3 Å². The van der Waals surface area contributed by atoms with Gasteiger partial charge in [-0.2, -0.15) is 0 Å². The third-order valence-corrected chi connectivity index (χ3v) is 6.26. The van der Waals surface area contributed by atoms with Crippen LogP contribution in [0.2, 0.25) is 5.02 Å². The van der Waals surface area contributed by atoms with Gasteiger partial charge in [0, 0.05) is 22.8 Å². The second kappa shape index (κ2) is 7.53. The van der Waals surface area contributed by atoms with Gasteiger partial charge in [-0.25, -0.2) is 0 Å². The van der Waals surface area contributed by atoms with Crippen LogP contribution >= 0.6 is 11.6 Å². The topological polar surface area (TPSA) is 24.4 Å². The van der Waals surface area contributed by atoms with E-state index in [1.807, 2.05) is 30.5 Å². The number of fused-ring (bicyclic) bond motifs is 3. The molecule has 0 saturated heterocycles. The minimum absolute atomic E-state index is 0.319. The largest absolute Gasteiger partial charge is 0.378 e. The Morgan fingerprint density at radius 3 is 2.59 bits per heavy atom. The number of rotatable bonds is 3. The number of aryl methyl sites for hydroxylation is 1. The lowest BCUT2D eigenvalue weighted by Gasteiger charge is -2.37. The predicted molar refractivity (Wildman–Crippen MR) is 123 cm³/mol. The van der Waals surface area contributed by atoms with Crippen molar-refractivity contribution >= 4 is 29.2 Å². The molecule has 0 spiro atoms. The lowest BCUT2D eigenvalue weighted by atomic mass is 9.76. The average Bonchev–Trinajstić information content (AvgIpc) is 3.24. The van der Waals surface area contributed by atoms with Crippen molar-refractivity contribution in [3.63, 3.8) is 0 Å². The summed E-state index contributed by atoms with van der Waals surface area (Å²) in [6, 6.07) is 23.4. The Morgan fingerprint density at radius 1 is 1.00 bits per heavy atom. The fraction of sp³-hybridized carbons (Fsp3) is 0.192. The molecule has 5 rings (SSSR count). The summed E-state index contributed by atoms with van der Waals surface area (Å²) in [5.74, 6) is 1.06. The molecule has 0 saturated carbocycles. The van der Waals surface area contributed by atoms with Crippen LogP contribution in [0.3, 0.4) is 0 Å². The molecule has 0 aromatic heterocycles. The maximum Gasteiger partial charge on any atom is 0.0630 e. The van der Waals surface area contributed by atoms with E-state index < -0.39 is 0 Å². The van der Waals surface area contributed by atoms with Crippen molar-refractivity contribution in [3.05, 3.63) is 106 Å². The van der Waals surface area contributed by atoms with Gasteiger partial charge >= 0.3 is 0 Å². The number of hydrogen-bond donors (Lipinski definition) is 1.